The summed E-state index contributed by atoms with van der Waals surface area (Å²) in [5.74, 6) is -0.405. The summed E-state index contributed by atoms with van der Waals surface area (Å²) in [6, 6.07) is 5.64. The van der Waals surface area contributed by atoms with Crippen molar-refractivity contribution in [3.05, 3.63) is 35.6 Å². The zero-order valence-corrected chi connectivity index (χ0v) is 13.1. The number of nitrogens with zero attached hydrogens (tertiary/aromatic N) is 2. The lowest BCUT2D eigenvalue weighted by Crippen LogP contribution is -2.59. The Morgan fingerprint density at radius 2 is 1.71 bits per heavy atom. The van der Waals surface area contributed by atoms with Gasteiger partial charge in [-0.25, -0.2) is 4.39 Å². The fourth-order valence-corrected chi connectivity index (χ4v) is 2.53. The molecule has 0 aliphatic carbocycles. The molecule has 0 radical (unpaired) electrons. The number of hydrogen-bond donors (Lipinski definition) is 1. The van der Waals surface area contributed by atoms with Crippen molar-refractivity contribution in [2.24, 2.45) is 5.73 Å². The first kappa shape index (κ1) is 15.9. The maximum absolute atomic E-state index is 12.9. The Balaban J connectivity index is 1.99. The summed E-state index contributed by atoms with van der Waals surface area (Å²) < 4.78 is 12.9. The molecule has 1 heterocycles. The van der Waals surface area contributed by atoms with E-state index in [1.54, 1.807) is 4.90 Å². The van der Waals surface area contributed by atoms with Gasteiger partial charge < -0.3 is 10.6 Å². The van der Waals surface area contributed by atoms with E-state index in [9.17, 15) is 9.18 Å². The van der Waals surface area contributed by atoms with Gasteiger partial charge in [0.1, 0.15) is 5.82 Å². The van der Waals surface area contributed by atoms with Crippen molar-refractivity contribution >= 4 is 23.1 Å². The van der Waals surface area contributed by atoms with E-state index in [1.807, 2.05) is 13.8 Å². The molecule has 0 aromatic heterocycles. The Morgan fingerprint density at radius 1 is 1.19 bits per heavy atom. The maximum atomic E-state index is 12.9. The molecule has 1 amide bonds. The van der Waals surface area contributed by atoms with E-state index in [0.717, 1.165) is 13.1 Å². The summed E-state index contributed by atoms with van der Waals surface area (Å²) >= 11 is 5.10. The number of piperazine rings is 1. The lowest BCUT2D eigenvalue weighted by molar-refractivity contribution is 0.0539. The number of halogens is 1. The molecular formula is C15H20FN3OS. The predicted molar refractivity (Wildman–Crippen MR) is 84.7 cm³/mol. The number of hydrogen-bond acceptors (Lipinski definition) is 3. The monoisotopic (exact) mass is 309 g/mol. The van der Waals surface area contributed by atoms with Gasteiger partial charge in [-0.2, -0.15) is 0 Å². The van der Waals surface area contributed by atoms with Crippen molar-refractivity contribution < 1.29 is 9.18 Å². The van der Waals surface area contributed by atoms with E-state index >= 15 is 0 Å². The standard InChI is InChI=1S/C15H20FN3OS/c1-15(2,14(17)21)19-9-7-18(8-10-19)13(20)11-3-5-12(16)6-4-11/h3-6H,7-10H2,1-2H3,(H2,17,21). The Morgan fingerprint density at radius 3 is 2.19 bits per heavy atom. The summed E-state index contributed by atoms with van der Waals surface area (Å²) in [5.41, 5.74) is 5.94. The Kier molecular flexibility index (Phi) is 4.58. The fraction of sp³-hybridized carbons (Fsp3) is 0.467. The molecule has 0 atom stereocenters. The molecule has 2 N–H and O–H groups in total. The van der Waals surface area contributed by atoms with Gasteiger partial charge in [0.2, 0.25) is 0 Å². The Labute approximate surface area is 129 Å². The van der Waals surface area contributed by atoms with Crippen LogP contribution in [0.3, 0.4) is 0 Å². The maximum Gasteiger partial charge on any atom is 0.253 e. The van der Waals surface area contributed by atoms with Crippen LogP contribution in [0.1, 0.15) is 24.2 Å². The third-order valence-corrected chi connectivity index (χ3v) is 4.55. The molecule has 114 valence electrons. The molecular weight excluding hydrogens is 289 g/mol. The van der Waals surface area contributed by atoms with Crippen LogP contribution < -0.4 is 5.73 Å². The van der Waals surface area contributed by atoms with E-state index in [4.69, 9.17) is 18.0 Å². The molecule has 1 fully saturated rings. The molecule has 1 aromatic rings. The highest BCUT2D eigenvalue weighted by Gasteiger charge is 2.33. The molecule has 4 nitrogen and oxygen atoms in total. The summed E-state index contributed by atoms with van der Waals surface area (Å²) in [6.45, 7) is 6.65. The van der Waals surface area contributed by atoms with Crippen molar-refractivity contribution in [2.75, 3.05) is 26.2 Å². The van der Waals surface area contributed by atoms with Crippen LogP contribution in [-0.4, -0.2) is 52.4 Å². The first-order valence-corrected chi connectivity index (χ1v) is 7.33. The molecule has 2 rings (SSSR count). The number of carbonyl (C=O) groups excluding carboxylic acids is 1. The van der Waals surface area contributed by atoms with E-state index in [-0.39, 0.29) is 17.3 Å². The van der Waals surface area contributed by atoms with Crippen molar-refractivity contribution in [2.45, 2.75) is 19.4 Å². The SMILES string of the molecule is CC(C)(C(N)=S)N1CCN(C(=O)c2ccc(F)cc2)CC1. The molecule has 0 spiro atoms. The minimum atomic E-state index is -0.347. The highest BCUT2D eigenvalue weighted by molar-refractivity contribution is 7.80. The van der Waals surface area contributed by atoms with Crippen LogP contribution in [0.5, 0.6) is 0 Å². The largest absolute Gasteiger partial charge is 0.392 e. The smallest absolute Gasteiger partial charge is 0.253 e. The van der Waals surface area contributed by atoms with Crippen LogP contribution in [-0.2, 0) is 0 Å². The van der Waals surface area contributed by atoms with Gasteiger partial charge in [0.25, 0.3) is 5.91 Å². The normalized spacial score (nSPS) is 16.8. The second kappa shape index (κ2) is 6.07. The van der Waals surface area contributed by atoms with Crippen LogP contribution in [0.15, 0.2) is 24.3 Å². The van der Waals surface area contributed by atoms with Crippen LogP contribution in [0.2, 0.25) is 0 Å². The minimum Gasteiger partial charge on any atom is -0.392 e. The molecule has 1 aliphatic heterocycles. The minimum absolute atomic E-state index is 0.0669. The lowest BCUT2D eigenvalue weighted by Gasteiger charge is -2.43. The van der Waals surface area contributed by atoms with Gasteiger partial charge in [0, 0.05) is 31.7 Å². The summed E-state index contributed by atoms with van der Waals surface area (Å²) in [6.07, 6.45) is 0. The lowest BCUT2D eigenvalue weighted by atomic mass is 10.0. The Bertz CT molecular complexity index is 536. The number of carbonyl (C=O) groups is 1. The van der Waals surface area contributed by atoms with Crippen molar-refractivity contribution in [1.29, 1.82) is 0 Å². The molecule has 1 aliphatic rings. The van der Waals surface area contributed by atoms with Crippen LogP contribution >= 0.6 is 12.2 Å². The summed E-state index contributed by atoms with van der Waals surface area (Å²) in [4.78, 5) is 16.8. The quantitative estimate of drug-likeness (QED) is 0.863. The second-order valence-corrected chi connectivity index (χ2v) is 6.15. The molecule has 0 unspecified atom stereocenters. The van der Waals surface area contributed by atoms with E-state index in [2.05, 4.69) is 4.90 Å². The number of nitrogens with two attached hydrogens (primary N) is 1. The second-order valence-electron chi connectivity index (χ2n) is 5.71. The van der Waals surface area contributed by atoms with Gasteiger partial charge in [0.15, 0.2) is 0 Å². The summed E-state index contributed by atoms with van der Waals surface area (Å²) in [7, 11) is 0. The molecule has 1 aromatic carbocycles. The highest BCUT2D eigenvalue weighted by Crippen LogP contribution is 2.18. The van der Waals surface area contributed by atoms with Crippen LogP contribution in [0.4, 0.5) is 4.39 Å². The topological polar surface area (TPSA) is 49.6 Å². The average molecular weight is 309 g/mol. The van der Waals surface area contributed by atoms with Gasteiger partial charge in [0.05, 0.1) is 10.5 Å². The van der Waals surface area contributed by atoms with Crippen molar-refractivity contribution in [3.8, 4) is 0 Å². The first-order chi connectivity index (χ1) is 9.82. The average Bonchev–Trinajstić information content (AvgIpc) is 2.47. The zero-order valence-electron chi connectivity index (χ0n) is 12.3. The van der Waals surface area contributed by atoms with Crippen molar-refractivity contribution in [3.63, 3.8) is 0 Å². The number of amides is 1. The third kappa shape index (κ3) is 3.39. The number of rotatable bonds is 3. The molecule has 0 saturated carbocycles. The Hall–Kier alpha value is -1.53. The molecule has 21 heavy (non-hydrogen) atoms. The molecule has 1 saturated heterocycles. The summed E-state index contributed by atoms with van der Waals surface area (Å²) in [5, 5.41) is 0. The van der Waals surface area contributed by atoms with Gasteiger partial charge in [-0.1, -0.05) is 12.2 Å². The van der Waals surface area contributed by atoms with Gasteiger partial charge in [-0.05, 0) is 38.1 Å². The number of benzene rings is 1. The van der Waals surface area contributed by atoms with E-state index in [0.29, 0.717) is 23.6 Å². The van der Waals surface area contributed by atoms with Gasteiger partial charge in [-0.15, -0.1) is 0 Å². The number of thiocarbonyl (C=S) groups is 1. The first-order valence-electron chi connectivity index (χ1n) is 6.92. The van der Waals surface area contributed by atoms with E-state index in [1.165, 1.54) is 24.3 Å². The predicted octanol–water partition coefficient (Wildman–Crippen LogP) is 1.65. The van der Waals surface area contributed by atoms with Gasteiger partial charge in [-0.3, -0.25) is 9.69 Å². The van der Waals surface area contributed by atoms with Crippen molar-refractivity contribution in [1.82, 2.24) is 9.80 Å². The van der Waals surface area contributed by atoms with Gasteiger partial charge >= 0.3 is 0 Å². The molecule has 0 bridgehead atoms. The fourth-order valence-electron chi connectivity index (χ4n) is 2.40. The van der Waals surface area contributed by atoms with Crippen LogP contribution in [0, 0.1) is 5.82 Å². The van der Waals surface area contributed by atoms with E-state index < -0.39 is 0 Å². The highest BCUT2D eigenvalue weighted by atomic mass is 32.1. The molecule has 6 heteroatoms. The van der Waals surface area contributed by atoms with Crippen LogP contribution in [0.25, 0.3) is 0 Å². The zero-order chi connectivity index (χ0) is 15.6. The third-order valence-electron chi connectivity index (χ3n) is 4.05.